The highest BCUT2D eigenvalue weighted by molar-refractivity contribution is 6.20. The Bertz CT molecular complexity index is 455. The van der Waals surface area contributed by atoms with E-state index in [0.29, 0.717) is 6.61 Å². The van der Waals surface area contributed by atoms with Gasteiger partial charge in [-0.1, -0.05) is 79.2 Å². The monoisotopic (exact) mass is 260 g/mol. The Hall–Kier alpha value is -1.31. The lowest BCUT2D eigenvalue weighted by Gasteiger charge is -2.19. The number of hydrogen-bond donors (Lipinski definition) is 0. The Kier molecular flexibility index (Phi) is 4.80. The van der Waals surface area contributed by atoms with Crippen LogP contribution in [0, 0.1) is 0 Å². The van der Waals surface area contributed by atoms with Crippen LogP contribution in [-0.2, 0) is 11.3 Å². The molecule has 0 fully saturated rings. The molecule has 1 nitrogen and oxygen atoms in total. The van der Waals surface area contributed by atoms with Gasteiger partial charge in [-0.3, -0.25) is 0 Å². The molecule has 0 spiro atoms. The van der Waals surface area contributed by atoms with E-state index in [2.05, 4.69) is 19.1 Å². The largest absolute Gasteiger partial charge is 0.357 e. The maximum absolute atomic E-state index is 6.29. The van der Waals surface area contributed by atoms with Gasteiger partial charge in [0, 0.05) is 5.92 Å². The summed E-state index contributed by atoms with van der Waals surface area (Å²) in [5.74, 6) is 0.177. The number of halogens is 1. The zero-order valence-electron chi connectivity index (χ0n) is 10.4. The van der Waals surface area contributed by atoms with E-state index >= 15 is 0 Å². The zero-order chi connectivity index (χ0) is 12.8. The van der Waals surface area contributed by atoms with Crippen LogP contribution in [0.4, 0.5) is 0 Å². The number of rotatable bonds is 5. The standard InChI is InChI=1S/C16H17ClO/c1-13(15-10-6-3-7-11-15)16(17)18-12-14-8-4-2-5-9-14/h2-11,13,16H,12H2,1H3. The second-order valence-electron chi connectivity index (χ2n) is 4.35. The lowest BCUT2D eigenvalue weighted by atomic mass is 10.0. The lowest BCUT2D eigenvalue weighted by Crippen LogP contribution is -2.13. The molecule has 2 heteroatoms. The van der Waals surface area contributed by atoms with Gasteiger partial charge in [0.1, 0.15) is 5.56 Å². The normalized spacial score (nSPS) is 14.1. The Morgan fingerprint density at radius 2 is 1.50 bits per heavy atom. The molecule has 2 aromatic carbocycles. The molecule has 18 heavy (non-hydrogen) atoms. The molecule has 0 saturated heterocycles. The summed E-state index contributed by atoms with van der Waals surface area (Å²) in [4.78, 5) is 0. The molecule has 0 aliphatic rings. The van der Waals surface area contributed by atoms with Gasteiger partial charge in [0.15, 0.2) is 0 Å². The van der Waals surface area contributed by atoms with Crippen LogP contribution in [-0.4, -0.2) is 5.56 Å². The van der Waals surface area contributed by atoms with Crippen molar-refractivity contribution in [1.82, 2.24) is 0 Å². The minimum atomic E-state index is -0.312. The maximum Gasteiger partial charge on any atom is 0.138 e. The Labute approximate surface area is 113 Å². The number of ether oxygens (including phenoxy) is 1. The molecule has 0 heterocycles. The SMILES string of the molecule is CC(c1ccccc1)C(Cl)OCc1ccccc1. The third kappa shape index (κ3) is 3.59. The van der Waals surface area contributed by atoms with E-state index in [4.69, 9.17) is 16.3 Å². The first kappa shape index (κ1) is 13.1. The molecule has 0 amide bonds. The molecule has 0 saturated carbocycles. The first-order valence-electron chi connectivity index (χ1n) is 6.12. The van der Waals surface area contributed by atoms with Gasteiger partial charge in [-0.05, 0) is 11.1 Å². The molecule has 0 radical (unpaired) electrons. The van der Waals surface area contributed by atoms with Crippen molar-refractivity contribution in [2.75, 3.05) is 0 Å². The predicted molar refractivity (Wildman–Crippen MR) is 75.7 cm³/mol. The fraction of sp³-hybridized carbons (Fsp3) is 0.250. The van der Waals surface area contributed by atoms with Crippen LogP contribution in [0.5, 0.6) is 0 Å². The molecule has 0 N–H and O–H groups in total. The number of benzene rings is 2. The fourth-order valence-electron chi connectivity index (χ4n) is 1.80. The van der Waals surface area contributed by atoms with Gasteiger partial charge >= 0.3 is 0 Å². The van der Waals surface area contributed by atoms with Gasteiger partial charge in [-0.15, -0.1) is 0 Å². The molecule has 0 bridgehead atoms. The van der Waals surface area contributed by atoms with E-state index in [0.717, 1.165) is 5.56 Å². The van der Waals surface area contributed by atoms with Gasteiger partial charge in [0.2, 0.25) is 0 Å². The summed E-state index contributed by atoms with van der Waals surface area (Å²) in [7, 11) is 0. The Morgan fingerprint density at radius 1 is 0.944 bits per heavy atom. The lowest BCUT2D eigenvalue weighted by molar-refractivity contribution is 0.0799. The third-order valence-corrected chi connectivity index (χ3v) is 3.47. The van der Waals surface area contributed by atoms with Gasteiger partial charge in [-0.25, -0.2) is 0 Å². The van der Waals surface area contributed by atoms with E-state index in [1.165, 1.54) is 5.56 Å². The fourth-order valence-corrected chi connectivity index (χ4v) is 2.01. The van der Waals surface area contributed by atoms with Crippen LogP contribution >= 0.6 is 11.6 Å². The van der Waals surface area contributed by atoms with Crippen LogP contribution in [0.3, 0.4) is 0 Å². The smallest absolute Gasteiger partial charge is 0.138 e. The summed E-state index contributed by atoms with van der Waals surface area (Å²) in [6.45, 7) is 2.63. The van der Waals surface area contributed by atoms with Crippen molar-refractivity contribution in [2.45, 2.75) is 25.0 Å². The van der Waals surface area contributed by atoms with Gasteiger partial charge in [0.25, 0.3) is 0 Å². The van der Waals surface area contributed by atoms with Crippen molar-refractivity contribution < 1.29 is 4.74 Å². The first-order chi connectivity index (χ1) is 8.77. The van der Waals surface area contributed by atoms with E-state index in [1.807, 2.05) is 48.5 Å². The Morgan fingerprint density at radius 3 is 2.11 bits per heavy atom. The summed E-state index contributed by atoms with van der Waals surface area (Å²) in [6.07, 6.45) is 0. The Balaban J connectivity index is 1.90. The summed E-state index contributed by atoms with van der Waals surface area (Å²) >= 11 is 6.29. The molecule has 0 aliphatic carbocycles. The van der Waals surface area contributed by atoms with E-state index < -0.39 is 0 Å². The minimum absolute atomic E-state index is 0.177. The molecular formula is C16H17ClO. The van der Waals surface area contributed by atoms with E-state index in [-0.39, 0.29) is 11.5 Å². The molecule has 0 aliphatic heterocycles. The molecule has 0 aromatic heterocycles. The molecular weight excluding hydrogens is 244 g/mol. The topological polar surface area (TPSA) is 9.23 Å². The zero-order valence-corrected chi connectivity index (χ0v) is 11.2. The van der Waals surface area contributed by atoms with Gasteiger partial charge < -0.3 is 4.74 Å². The van der Waals surface area contributed by atoms with Crippen molar-refractivity contribution in [1.29, 1.82) is 0 Å². The van der Waals surface area contributed by atoms with E-state index in [1.54, 1.807) is 0 Å². The highest BCUT2D eigenvalue weighted by Gasteiger charge is 2.16. The van der Waals surface area contributed by atoms with Crippen molar-refractivity contribution in [3.05, 3.63) is 71.8 Å². The number of hydrogen-bond acceptors (Lipinski definition) is 1. The van der Waals surface area contributed by atoms with Crippen molar-refractivity contribution in [2.24, 2.45) is 0 Å². The summed E-state index contributed by atoms with van der Waals surface area (Å²) < 4.78 is 5.71. The van der Waals surface area contributed by atoms with E-state index in [9.17, 15) is 0 Å². The average molecular weight is 261 g/mol. The second-order valence-corrected chi connectivity index (χ2v) is 4.78. The average Bonchev–Trinajstić information content (AvgIpc) is 2.46. The van der Waals surface area contributed by atoms with Crippen LogP contribution in [0.25, 0.3) is 0 Å². The summed E-state index contributed by atoms with van der Waals surface area (Å²) in [5, 5.41) is 0. The van der Waals surface area contributed by atoms with Crippen LogP contribution in [0.15, 0.2) is 60.7 Å². The predicted octanol–water partition coefficient (Wildman–Crippen LogP) is 4.57. The maximum atomic E-state index is 6.29. The van der Waals surface area contributed by atoms with Crippen molar-refractivity contribution in [3.8, 4) is 0 Å². The summed E-state index contributed by atoms with van der Waals surface area (Å²) in [5.41, 5.74) is 2.03. The quantitative estimate of drug-likeness (QED) is 0.716. The molecule has 2 atom stereocenters. The van der Waals surface area contributed by atoms with Crippen LogP contribution in [0.2, 0.25) is 0 Å². The van der Waals surface area contributed by atoms with Gasteiger partial charge in [-0.2, -0.15) is 0 Å². The first-order valence-corrected chi connectivity index (χ1v) is 6.55. The van der Waals surface area contributed by atoms with Crippen molar-refractivity contribution >= 4 is 11.6 Å². The van der Waals surface area contributed by atoms with Crippen molar-refractivity contribution in [3.63, 3.8) is 0 Å². The molecule has 94 valence electrons. The third-order valence-electron chi connectivity index (χ3n) is 2.97. The van der Waals surface area contributed by atoms with Crippen LogP contribution in [0.1, 0.15) is 24.0 Å². The van der Waals surface area contributed by atoms with Crippen LogP contribution < -0.4 is 0 Å². The molecule has 2 unspecified atom stereocenters. The van der Waals surface area contributed by atoms with Gasteiger partial charge in [0.05, 0.1) is 6.61 Å². The minimum Gasteiger partial charge on any atom is -0.357 e. The second kappa shape index (κ2) is 6.58. The summed E-state index contributed by atoms with van der Waals surface area (Å²) in [6, 6.07) is 20.3. The number of alkyl halides is 1. The highest BCUT2D eigenvalue weighted by atomic mass is 35.5. The highest BCUT2D eigenvalue weighted by Crippen LogP contribution is 2.24. The molecule has 2 aromatic rings. The molecule has 2 rings (SSSR count).